The maximum atomic E-state index is 13.3. The van der Waals surface area contributed by atoms with E-state index >= 15 is 0 Å². The summed E-state index contributed by atoms with van der Waals surface area (Å²) in [5.74, 6) is -1.38. The van der Waals surface area contributed by atoms with Crippen LogP contribution in [0.15, 0.2) is 0 Å². The molecule has 3 aliphatic heterocycles. The molecule has 2 bridgehead atoms. The van der Waals surface area contributed by atoms with Crippen LogP contribution in [0.3, 0.4) is 0 Å². The fraction of sp³-hybridized carbons (Fsp3) is 0.842. The number of aliphatic hydroxyl groups excluding tert-OH is 1. The fourth-order valence-corrected chi connectivity index (χ4v) is 7.67. The van der Waals surface area contributed by atoms with Crippen LogP contribution >= 0.6 is 11.8 Å². The Morgan fingerprint density at radius 3 is 2.67 bits per heavy atom. The largest absolute Gasteiger partial charge is 0.395 e. The predicted molar refractivity (Wildman–Crippen MR) is 104 cm³/mol. The number of amides is 3. The maximum Gasteiger partial charge on any atom is 0.244 e. The number of carbonyl (C=O) groups excluding carboxylic acids is 3. The minimum absolute atomic E-state index is 0.127. The number of hydrogen-bond donors (Lipinski definition) is 3. The van der Waals surface area contributed by atoms with Crippen LogP contribution in [0.25, 0.3) is 0 Å². The normalized spacial score (nSPS) is 36.8. The summed E-state index contributed by atoms with van der Waals surface area (Å²) in [6, 6.07) is -0.620. The summed E-state index contributed by atoms with van der Waals surface area (Å²) in [7, 11) is 1.60. The first-order valence-electron chi connectivity index (χ1n) is 9.97. The molecule has 0 radical (unpaired) electrons. The number of hydrogen-bond acceptors (Lipinski definition) is 5. The topological polar surface area (TPSA) is 98.7 Å². The molecule has 0 aliphatic carbocycles. The number of unbranched alkanes of at least 4 members (excludes halogenated alkanes) is 2. The molecular formula is C19H31N3O4S. The number of nitrogens with one attached hydrogen (secondary N) is 2. The van der Waals surface area contributed by atoms with Crippen LogP contribution in [0.5, 0.6) is 0 Å². The second-order valence-corrected chi connectivity index (χ2v) is 9.99. The molecule has 3 amide bonds. The number of nitrogens with zero attached hydrogens (tertiary/aromatic N) is 1. The van der Waals surface area contributed by atoms with Gasteiger partial charge in [-0.15, -0.1) is 11.8 Å². The Kier molecular flexibility index (Phi) is 5.77. The van der Waals surface area contributed by atoms with E-state index in [1.165, 1.54) is 4.90 Å². The Bertz CT molecular complexity index is 630. The highest BCUT2D eigenvalue weighted by molar-refractivity contribution is 8.02. The monoisotopic (exact) mass is 397 g/mol. The van der Waals surface area contributed by atoms with Gasteiger partial charge in [-0.1, -0.05) is 19.8 Å². The van der Waals surface area contributed by atoms with Crippen LogP contribution in [0, 0.1) is 11.8 Å². The molecule has 0 aromatic rings. The second kappa shape index (κ2) is 7.62. The van der Waals surface area contributed by atoms with E-state index < -0.39 is 22.6 Å². The number of thioether (sulfide) groups is 1. The number of rotatable bonds is 8. The number of carbonyl (C=O) groups is 3. The lowest BCUT2D eigenvalue weighted by Crippen LogP contribution is -2.54. The highest BCUT2D eigenvalue weighted by atomic mass is 32.2. The van der Waals surface area contributed by atoms with Crippen molar-refractivity contribution in [3.8, 4) is 0 Å². The molecule has 3 rings (SSSR count). The molecule has 3 fully saturated rings. The van der Waals surface area contributed by atoms with Gasteiger partial charge in [0.15, 0.2) is 0 Å². The molecule has 8 heteroatoms. The Labute approximate surface area is 165 Å². The standard InChI is InChI=1S/C19H31N3O4S/c1-4-5-6-9-21-16(25)14-19-8-7-18(2,27-19)12(15(24)20-3)13(19)17(26)22(14)10-11-23/h12-14,23H,4-11H2,1-3H3,(H,20,24)(H,21,25)/t12-,13+,14?,18+,19?/m1/s1. The van der Waals surface area contributed by atoms with Crippen molar-refractivity contribution in [3.63, 3.8) is 0 Å². The molecule has 3 N–H and O–H groups in total. The van der Waals surface area contributed by atoms with Gasteiger partial charge in [-0.05, 0) is 26.2 Å². The average Bonchev–Trinajstić information content (AvgIpc) is 3.20. The number of likely N-dealkylation sites (tertiary alicyclic amines) is 1. The van der Waals surface area contributed by atoms with Crippen LogP contribution in [0.4, 0.5) is 0 Å². The third kappa shape index (κ3) is 3.05. The molecular weight excluding hydrogens is 366 g/mol. The molecule has 152 valence electrons. The highest BCUT2D eigenvalue weighted by Gasteiger charge is 2.76. The van der Waals surface area contributed by atoms with Gasteiger partial charge in [0.25, 0.3) is 0 Å². The van der Waals surface area contributed by atoms with Gasteiger partial charge in [-0.25, -0.2) is 0 Å². The molecule has 3 heterocycles. The van der Waals surface area contributed by atoms with Gasteiger partial charge in [0, 0.05) is 24.9 Å². The molecule has 0 saturated carbocycles. The lowest BCUT2D eigenvalue weighted by atomic mass is 9.66. The van der Waals surface area contributed by atoms with Gasteiger partial charge in [0.05, 0.1) is 23.2 Å². The fourth-order valence-electron chi connectivity index (χ4n) is 5.31. The van der Waals surface area contributed by atoms with Crippen LogP contribution in [-0.4, -0.2) is 70.0 Å². The zero-order valence-electron chi connectivity index (χ0n) is 16.4. The minimum Gasteiger partial charge on any atom is -0.395 e. The van der Waals surface area contributed by atoms with E-state index in [1.54, 1.807) is 18.8 Å². The van der Waals surface area contributed by atoms with Gasteiger partial charge in [-0.3, -0.25) is 14.4 Å². The lowest BCUT2D eigenvalue weighted by Gasteiger charge is -2.34. The highest BCUT2D eigenvalue weighted by Crippen LogP contribution is 2.71. The van der Waals surface area contributed by atoms with E-state index in [-0.39, 0.29) is 35.6 Å². The van der Waals surface area contributed by atoms with Crippen LogP contribution in [0.1, 0.15) is 46.0 Å². The van der Waals surface area contributed by atoms with Gasteiger partial charge in [0.2, 0.25) is 17.7 Å². The smallest absolute Gasteiger partial charge is 0.244 e. The summed E-state index contributed by atoms with van der Waals surface area (Å²) < 4.78 is -0.903. The Morgan fingerprint density at radius 1 is 1.30 bits per heavy atom. The van der Waals surface area contributed by atoms with Gasteiger partial charge < -0.3 is 20.6 Å². The van der Waals surface area contributed by atoms with E-state index in [4.69, 9.17) is 0 Å². The van der Waals surface area contributed by atoms with Crippen molar-refractivity contribution >= 4 is 29.5 Å². The van der Waals surface area contributed by atoms with E-state index in [9.17, 15) is 19.5 Å². The summed E-state index contributed by atoms with van der Waals surface area (Å²) in [6.07, 6.45) is 4.58. The van der Waals surface area contributed by atoms with Crippen molar-refractivity contribution in [2.24, 2.45) is 11.8 Å². The molecule has 3 saturated heterocycles. The third-order valence-corrected chi connectivity index (χ3v) is 8.46. The lowest BCUT2D eigenvalue weighted by molar-refractivity contribution is -0.140. The molecule has 2 unspecified atom stereocenters. The first-order valence-corrected chi connectivity index (χ1v) is 10.8. The molecule has 0 aromatic carbocycles. The van der Waals surface area contributed by atoms with Crippen molar-refractivity contribution in [2.45, 2.75) is 61.5 Å². The molecule has 0 aromatic heterocycles. The van der Waals surface area contributed by atoms with Gasteiger partial charge in [-0.2, -0.15) is 0 Å². The van der Waals surface area contributed by atoms with Crippen molar-refractivity contribution < 1.29 is 19.5 Å². The SMILES string of the molecule is CCCCCNC(=O)C1N(CCO)C(=O)[C@@H]2[C@H](C(=O)NC)[C@]3(C)CCC12S3. The number of aliphatic hydroxyl groups is 1. The zero-order chi connectivity index (χ0) is 19.8. The van der Waals surface area contributed by atoms with Crippen LogP contribution in [0.2, 0.25) is 0 Å². The Hall–Kier alpha value is -1.28. The van der Waals surface area contributed by atoms with E-state index in [0.29, 0.717) is 6.54 Å². The van der Waals surface area contributed by atoms with Gasteiger partial charge in [0.1, 0.15) is 6.04 Å². The summed E-state index contributed by atoms with van der Waals surface area (Å²) in [5, 5.41) is 15.2. The van der Waals surface area contributed by atoms with Gasteiger partial charge >= 0.3 is 0 Å². The Morgan fingerprint density at radius 2 is 2.04 bits per heavy atom. The molecule has 27 heavy (non-hydrogen) atoms. The summed E-state index contributed by atoms with van der Waals surface area (Å²) >= 11 is 1.65. The summed E-state index contributed by atoms with van der Waals surface area (Å²) in [4.78, 5) is 40.5. The maximum absolute atomic E-state index is 13.3. The average molecular weight is 398 g/mol. The quantitative estimate of drug-likeness (QED) is 0.519. The first-order chi connectivity index (χ1) is 12.9. The van der Waals surface area contributed by atoms with E-state index in [0.717, 1.165) is 32.1 Å². The number of fused-ring (bicyclic) bond motifs is 1. The Balaban J connectivity index is 1.91. The molecule has 5 atom stereocenters. The minimum atomic E-state index is -0.620. The van der Waals surface area contributed by atoms with Crippen molar-refractivity contribution in [3.05, 3.63) is 0 Å². The van der Waals surface area contributed by atoms with Crippen molar-refractivity contribution in [1.82, 2.24) is 15.5 Å². The summed E-state index contributed by atoms with van der Waals surface area (Å²) in [5.41, 5.74) is 0. The molecule has 1 spiro atoms. The predicted octanol–water partition coefficient (Wildman–Crippen LogP) is 0.512. The number of β-amino-alcohol motifs (C(OH)–C–C–N with tert-alkyl or cyclic N) is 1. The zero-order valence-corrected chi connectivity index (χ0v) is 17.2. The van der Waals surface area contributed by atoms with E-state index in [1.807, 2.05) is 6.92 Å². The second-order valence-electron chi connectivity index (χ2n) is 8.10. The van der Waals surface area contributed by atoms with Crippen LogP contribution in [-0.2, 0) is 14.4 Å². The summed E-state index contributed by atoms with van der Waals surface area (Å²) in [6.45, 7) is 4.68. The van der Waals surface area contributed by atoms with Crippen LogP contribution < -0.4 is 10.6 Å². The van der Waals surface area contributed by atoms with E-state index in [2.05, 4.69) is 17.6 Å². The van der Waals surface area contributed by atoms with Crippen molar-refractivity contribution in [1.29, 1.82) is 0 Å². The third-order valence-electron chi connectivity index (χ3n) is 6.47. The first kappa shape index (κ1) is 20.5. The molecule has 7 nitrogen and oxygen atoms in total. The molecule has 3 aliphatic rings. The van der Waals surface area contributed by atoms with Crippen molar-refractivity contribution in [2.75, 3.05) is 26.7 Å².